The first kappa shape index (κ1) is 13.9. The molecule has 1 aromatic heterocycles. The monoisotopic (exact) mass is 285 g/mol. The van der Waals surface area contributed by atoms with Crippen LogP contribution in [0.2, 0.25) is 0 Å². The summed E-state index contributed by atoms with van der Waals surface area (Å²) in [6.45, 7) is 2.71. The lowest BCUT2D eigenvalue weighted by atomic mass is 10.1. The summed E-state index contributed by atoms with van der Waals surface area (Å²) in [5, 5.41) is 10.8. The second-order valence-corrected chi connectivity index (χ2v) is 5.19. The van der Waals surface area contributed by atoms with Gasteiger partial charge in [0.05, 0.1) is 7.05 Å². The zero-order valence-corrected chi connectivity index (χ0v) is 11.6. The predicted octanol–water partition coefficient (Wildman–Crippen LogP) is 2.02. The number of carbonyl (C=O) groups excluding carboxylic acids is 1. The van der Waals surface area contributed by atoms with Gasteiger partial charge < -0.3 is 15.0 Å². The number of aromatic nitrogens is 1. The summed E-state index contributed by atoms with van der Waals surface area (Å²) in [5.41, 5.74) is 0.330. The van der Waals surface area contributed by atoms with Gasteiger partial charge in [0.2, 0.25) is 0 Å². The summed E-state index contributed by atoms with van der Waals surface area (Å²) < 4.78 is 1.32. The fourth-order valence-corrected chi connectivity index (χ4v) is 3.01. The third-order valence-electron chi connectivity index (χ3n) is 3.80. The van der Waals surface area contributed by atoms with E-state index in [0.29, 0.717) is 24.0 Å². The maximum atomic E-state index is 12.4. The van der Waals surface area contributed by atoms with Crippen LogP contribution in [0.15, 0.2) is 12.1 Å². The Morgan fingerprint density at radius 3 is 2.79 bits per heavy atom. The highest BCUT2D eigenvalue weighted by atomic mass is 35.5. The molecule has 19 heavy (non-hydrogen) atoms. The van der Waals surface area contributed by atoms with E-state index >= 15 is 0 Å². The van der Waals surface area contributed by atoms with Gasteiger partial charge in [0.15, 0.2) is 5.69 Å². The molecule has 0 aromatic carbocycles. The molecule has 1 aromatic rings. The predicted molar refractivity (Wildman–Crippen MR) is 71.4 cm³/mol. The van der Waals surface area contributed by atoms with Gasteiger partial charge in [0.1, 0.15) is 0 Å². The summed E-state index contributed by atoms with van der Waals surface area (Å²) in [6.07, 6.45) is 0.912. The Hall–Kier alpha value is -1.56. The molecule has 2 rings (SSSR count). The molecule has 1 fully saturated rings. The lowest BCUT2D eigenvalue weighted by Gasteiger charge is -2.24. The average Bonchev–Trinajstić information content (AvgIpc) is 2.91. The quantitative estimate of drug-likeness (QED) is 0.485. The highest BCUT2D eigenvalue weighted by Crippen LogP contribution is 2.27. The van der Waals surface area contributed by atoms with E-state index in [1.165, 1.54) is 23.7 Å². The molecule has 1 amide bonds. The lowest BCUT2D eigenvalue weighted by molar-refractivity contribution is -0.391. The molecule has 0 bridgehead atoms. The van der Waals surface area contributed by atoms with Crippen molar-refractivity contribution in [3.63, 3.8) is 0 Å². The van der Waals surface area contributed by atoms with Crippen LogP contribution in [-0.2, 0) is 7.05 Å². The van der Waals surface area contributed by atoms with Gasteiger partial charge in [-0.3, -0.25) is 4.79 Å². The lowest BCUT2D eigenvalue weighted by Crippen LogP contribution is -2.39. The number of nitro groups is 1. The van der Waals surface area contributed by atoms with Gasteiger partial charge in [-0.05, 0) is 23.3 Å². The van der Waals surface area contributed by atoms with Crippen molar-refractivity contribution in [2.75, 3.05) is 12.4 Å². The van der Waals surface area contributed by atoms with E-state index in [2.05, 4.69) is 6.92 Å². The van der Waals surface area contributed by atoms with E-state index in [-0.39, 0.29) is 17.8 Å². The zero-order valence-electron chi connectivity index (χ0n) is 10.9. The van der Waals surface area contributed by atoms with Crippen LogP contribution in [0.3, 0.4) is 0 Å². The SMILES string of the molecule is CC1CCN(C(=O)c2ccc([N+](=O)[O-])n2C)C1CCl. The van der Waals surface area contributed by atoms with Gasteiger partial charge in [-0.15, -0.1) is 11.6 Å². The number of carbonyl (C=O) groups is 1. The summed E-state index contributed by atoms with van der Waals surface area (Å²) >= 11 is 5.92. The molecule has 2 heterocycles. The van der Waals surface area contributed by atoms with Crippen molar-refractivity contribution in [2.24, 2.45) is 13.0 Å². The van der Waals surface area contributed by atoms with Gasteiger partial charge in [0, 0.05) is 24.5 Å². The molecular formula is C12H16ClN3O3. The number of nitrogens with zero attached hydrogens (tertiary/aromatic N) is 3. The molecule has 104 valence electrons. The molecule has 7 heteroatoms. The molecule has 2 atom stereocenters. The fraction of sp³-hybridized carbons (Fsp3) is 0.583. The molecular weight excluding hydrogens is 270 g/mol. The maximum absolute atomic E-state index is 12.4. The summed E-state index contributed by atoms with van der Waals surface area (Å²) in [7, 11) is 1.53. The fourth-order valence-electron chi connectivity index (χ4n) is 2.54. The van der Waals surface area contributed by atoms with Gasteiger partial charge in [-0.2, -0.15) is 0 Å². The van der Waals surface area contributed by atoms with Crippen LogP contribution in [0.1, 0.15) is 23.8 Å². The van der Waals surface area contributed by atoms with E-state index in [4.69, 9.17) is 11.6 Å². The number of hydrogen-bond donors (Lipinski definition) is 0. The Labute approximate surface area is 116 Å². The molecule has 0 N–H and O–H groups in total. The van der Waals surface area contributed by atoms with E-state index in [9.17, 15) is 14.9 Å². The number of amides is 1. The zero-order chi connectivity index (χ0) is 14.2. The van der Waals surface area contributed by atoms with Crippen LogP contribution in [0.4, 0.5) is 5.82 Å². The van der Waals surface area contributed by atoms with Gasteiger partial charge in [0.25, 0.3) is 5.91 Å². The minimum atomic E-state index is -0.498. The minimum Gasteiger partial charge on any atom is -0.358 e. The Morgan fingerprint density at radius 2 is 2.26 bits per heavy atom. The second kappa shape index (κ2) is 5.21. The van der Waals surface area contributed by atoms with Gasteiger partial charge in [-0.25, -0.2) is 4.57 Å². The van der Waals surface area contributed by atoms with Crippen LogP contribution in [0.25, 0.3) is 0 Å². The minimum absolute atomic E-state index is 0.00289. The van der Waals surface area contributed by atoms with Crippen LogP contribution < -0.4 is 0 Å². The standard InChI is InChI=1S/C12H16ClN3O3/c1-8-5-6-15(10(8)7-13)12(17)9-3-4-11(14(9)2)16(18)19/h3-4,8,10H,5-7H2,1-2H3. The molecule has 6 nitrogen and oxygen atoms in total. The third kappa shape index (κ3) is 2.32. The Kier molecular flexibility index (Phi) is 3.80. The molecule has 0 spiro atoms. The van der Waals surface area contributed by atoms with E-state index < -0.39 is 4.92 Å². The molecule has 0 aliphatic carbocycles. The van der Waals surface area contributed by atoms with Crippen LogP contribution in [0, 0.1) is 16.0 Å². The summed E-state index contributed by atoms with van der Waals surface area (Å²) in [6, 6.07) is 2.85. The van der Waals surface area contributed by atoms with Crippen molar-refractivity contribution in [2.45, 2.75) is 19.4 Å². The molecule has 1 aliphatic rings. The first-order valence-electron chi connectivity index (χ1n) is 6.14. The third-order valence-corrected chi connectivity index (χ3v) is 4.12. The second-order valence-electron chi connectivity index (χ2n) is 4.88. The van der Waals surface area contributed by atoms with Crippen molar-refractivity contribution < 1.29 is 9.72 Å². The van der Waals surface area contributed by atoms with Crippen LogP contribution in [-0.4, -0.2) is 38.8 Å². The Bertz CT molecular complexity index is 514. The molecule has 1 saturated heterocycles. The van der Waals surface area contributed by atoms with Crippen molar-refractivity contribution in [1.82, 2.24) is 9.47 Å². The van der Waals surface area contributed by atoms with Crippen LogP contribution in [0.5, 0.6) is 0 Å². The van der Waals surface area contributed by atoms with Crippen LogP contribution >= 0.6 is 11.6 Å². The first-order chi connectivity index (χ1) is 8.97. The highest BCUT2D eigenvalue weighted by Gasteiger charge is 2.36. The molecule has 0 saturated carbocycles. The number of hydrogen-bond acceptors (Lipinski definition) is 3. The summed E-state index contributed by atoms with van der Waals surface area (Å²) in [4.78, 5) is 24.5. The number of alkyl halides is 1. The maximum Gasteiger partial charge on any atom is 0.323 e. The van der Waals surface area contributed by atoms with E-state index in [1.807, 2.05) is 0 Å². The smallest absolute Gasteiger partial charge is 0.323 e. The van der Waals surface area contributed by atoms with Crippen molar-refractivity contribution >= 4 is 23.3 Å². The van der Waals surface area contributed by atoms with Gasteiger partial charge >= 0.3 is 5.82 Å². The Morgan fingerprint density at radius 1 is 1.58 bits per heavy atom. The van der Waals surface area contributed by atoms with E-state index in [0.717, 1.165) is 6.42 Å². The topological polar surface area (TPSA) is 68.4 Å². The molecule has 0 radical (unpaired) electrons. The normalized spacial score (nSPS) is 22.8. The number of rotatable bonds is 3. The van der Waals surface area contributed by atoms with Crippen molar-refractivity contribution in [3.05, 3.63) is 27.9 Å². The Balaban J connectivity index is 2.27. The summed E-state index contributed by atoms with van der Waals surface area (Å²) in [5.74, 6) is 0.472. The number of likely N-dealkylation sites (tertiary alicyclic amines) is 1. The molecule has 2 unspecified atom stereocenters. The molecule has 1 aliphatic heterocycles. The van der Waals surface area contributed by atoms with E-state index in [1.54, 1.807) is 4.90 Å². The van der Waals surface area contributed by atoms with Gasteiger partial charge in [-0.1, -0.05) is 6.92 Å². The average molecular weight is 286 g/mol. The van der Waals surface area contributed by atoms with Crippen molar-refractivity contribution in [3.8, 4) is 0 Å². The largest absolute Gasteiger partial charge is 0.358 e. The first-order valence-corrected chi connectivity index (χ1v) is 6.67. The number of halogens is 1. The van der Waals surface area contributed by atoms with Crippen molar-refractivity contribution in [1.29, 1.82) is 0 Å². The highest BCUT2D eigenvalue weighted by molar-refractivity contribution is 6.18.